The molecule has 0 radical (unpaired) electrons. The highest BCUT2D eigenvalue weighted by molar-refractivity contribution is 6.32. The first-order chi connectivity index (χ1) is 17.3. The second-order valence-corrected chi connectivity index (χ2v) is 9.65. The van der Waals surface area contributed by atoms with Gasteiger partial charge >= 0.3 is 0 Å². The number of aromatic hydroxyl groups is 1. The minimum absolute atomic E-state index is 0.0113. The highest BCUT2D eigenvalue weighted by Gasteiger charge is 2.38. The number of amides is 1. The lowest BCUT2D eigenvalue weighted by atomic mass is 9.91. The van der Waals surface area contributed by atoms with Crippen LogP contribution in [0.1, 0.15) is 12.1 Å². The average Bonchev–Trinajstić information content (AvgIpc) is 3.13. The number of aromatic nitrogens is 3. The molecule has 4 N–H and O–H groups in total. The molecule has 3 aromatic rings. The van der Waals surface area contributed by atoms with Gasteiger partial charge < -0.3 is 25.4 Å². The van der Waals surface area contributed by atoms with Crippen LogP contribution in [0.4, 0.5) is 5.82 Å². The first-order valence-corrected chi connectivity index (χ1v) is 12.1. The van der Waals surface area contributed by atoms with Gasteiger partial charge in [0.25, 0.3) is 0 Å². The molecule has 9 nitrogen and oxygen atoms in total. The number of nitrogens with zero attached hydrogens (tertiary/aromatic N) is 5. The molecule has 2 aliphatic heterocycles. The summed E-state index contributed by atoms with van der Waals surface area (Å²) in [6, 6.07) is 5.04. The quantitative estimate of drug-likeness (QED) is 0.367. The number of halogens is 1. The number of benzene rings is 1. The molecular formula is C26H27ClN6O3. The maximum atomic E-state index is 11.8. The third-order valence-corrected chi connectivity index (χ3v) is 7.36. The molecule has 0 bridgehead atoms. The number of likely N-dealkylation sites (tertiary alicyclic amines) is 2. The number of nitrogens with two attached hydrogens (primary N) is 1. The molecule has 0 saturated carbocycles. The van der Waals surface area contributed by atoms with Crippen LogP contribution >= 0.6 is 11.6 Å². The highest BCUT2D eigenvalue weighted by atomic mass is 35.5. The van der Waals surface area contributed by atoms with Crippen molar-refractivity contribution in [1.29, 1.82) is 0 Å². The molecule has 36 heavy (non-hydrogen) atoms. The molecule has 5 rings (SSSR count). The molecule has 0 unspecified atom stereocenters. The topological polar surface area (TPSA) is 121 Å². The van der Waals surface area contributed by atoms with Crippen molar-refractivity contribution < 1.29 is 15.0 Å². The molecule has 1 amide bonds. The Morgan fingerprint density at radius 2 is 2.08 bits per heavy atom. The van der Waals surface area contributed by atoms with E-state index in [1.54, 1.807) is 17.0 Å². The summed E-state index contributed by atoms with van der Waals surface area (Å²) in [6.45, 7) is 5.93. The number of phenolic OH excluding ortho intramolecular Hbond substituents is 1. The van der Waals surface area contributed by atoms with Crippen LogP contribution in [0.25, 0.3) is 22.2 Å². The molecule has 4 heterocycles. The van der Waals surface area contributed by atoms with E-state index in [0.29, 0.717) is 47.6 Å². The van der Waals surface area contributed by atoms with Crippen molar-refractivity contribution in [2.24, 2.45) is 13.0 Å². The van der Waals surface area contributed by atoms with Crippen molar-refractivity contribution in [3.05, 3.63) is 47.9 Å². The van der Waals surface area contributed by atoms with Gasteiger partial charge in [0.05, 0.1) is 16.5 Å². The minimum Gasteiger partial charge on any atom is -0.506 e. The Bertz CT molecular complexity index is 1420. The normalized spacial score (nSPS) is 20.6. The number of aliphatic hydroxyl groups excluding tert-OH is 1. The van der Waals surface area contributed by atoms with Gasteiger partial charge in [0, 0.05) is 50.7 Å². The number of nitrogen functional groups attached to an aromatic ring is 1. The number of carbonyl (C=O) groups excluding carboxylic acids is 1. The monoisotopic (exact) mass is 506 g/mol. The smallest absolute Gasteiger partial charge is 0.246 e. The van der Waals surface area contributed by atoms with Crippen LogP contribution in [0, 0.1) is 17.8 Å². The Morgan fingerprint density at radius 1 is 1.31 bits per heavy atom. The van der Waals surface area contributed by atoms with Gasteiger partial charge in [-0.05, 0) is 36.1 Å². The Labute approximate surface area is 213 Å². The number of hydrogen-bond donors (Lipinski definition) is 3. The second-order valence-electron chi connectivity index (χ2n) is 9.24. The van der Waals surface area contributed by atoms with E-state index in [2.05, 4.69) is 33.3 Å². The standard InChI is InChI=1S/C26H27ClN6O3/c1-3-22(36)32-9-8-18(21(35)13-32)33-11-15(12-33)4-7-19-23(16-5-6-17(27)20(34)10-16)24-25(28)29-14-30-26(24)31(19)2/h3,5-6,10,14-15,18,21,34-35H,1,8-9,11-13H2,2H3,(H2,28,29,30)/t18-,21+/m1/s1. The molecular weight excluding hydrogens is 480 g/mol. The summed E-state index contributed by atoms with van der Waals surface area (Å²) < 4.78 is 1.88. The van der Waals surface area contributed by atoms with E-state index in [0.717, 1.165) is 18.7 Å². The first-order valence-electron chi connectivity index (χ1n) is 11.7. The summed E-state index contributed by atoms with van der Waals surface area (Å²) >= 11 is 6.03. The minimum atomic E-state index is -0.597. The Hall–Kier alpha value is -3.58. The molecule has 0 spiro atoms. The predicted molar refractivity (Wildman–Crippen MR) is 138 cm³/mol. The maximum absolute atomic E-state index is 11.8. The fraction of sp³-hybridized carbons (Fsp3) is 0.346. The Morgan fingerprint density at radius 3 is 2.78 bits per heavy atom. The van der Waals surface area contributed by atoms with Crippen molar-refractivity contribution in [2.45, 2.75) is 18.6 Å². The lowest BCUT2D eigenvalue weighted by molar-refractivity contribution is -0.132. The number of rotatable bonds is 3. The SMILES string of the molecule is C=CC(=O)N1CC[C@@H](N2CC(C#Cc3c(-c4ccc(Cl)c(O)c4)c4c(N)ncnc4n3C)C2)[C@@H](O)C1. The number of β-amino-alcohol motifs (C(OH)–C–C–N with tert-alkyl or cyclic N) is 1. The highest BCUT2D eigenvalue weighted by Crippen LogP contribution is 2.38. The van der Waals surface area contributed by atoms with Gasteiger partial charge in [0.1, 0.15) is 29.2 Å². The van der Waals surface area contributed by atoms with Crippen molar-refractivity contribution in [3.8, 4) is 28.7 Å². The van der Waals surface area contributed by atoms with Crippen molar-refractivity contribution >= 4 is 34.4 Å². The number of aliphatic hydroxyl groups is 1. The van der Waals surface area contributed by atoms with E-state index in [4.69, 9.17) is 17.3 Å². The van der Waals surface area contributed by atoms with Gasteiger partial charge in [-0.2, -0.15) is 0 Å². The number of piperidine rings is 1. The number of aryl methyl sites for hydroxylation is 1. The van der Waals surface area contributed by atoms with Crippen LogP contribution in [0.5, 0.6) is 5.75 Å². The zero-order valence-electron chi connectivity index (χ0n) is 19.9. The first kappa shape index (κ1) is 24.1. The van der Waals surface area contributed by atoms with Gasteiger partial charge in [0.15, 0.2) is 0 Å². The van der Waals surface area contributed by atoms with Crippen LogP contribution in [0.2, 0.25) is 5.02 Å². The summed E-state index contributed by atoms with van der Waals surface area (Å²) in [7, 11) is 1.87. The summed E-state index contributed by atoms with van der Waals surface area (Å²) in [5.41, 5.74) is 9.05. The predicted octanol–water partition coefficient (Wildman–Crippen LogP) is 2.01. The van der Waals surface area contributed by atoms with E-state index in [1.165, 1.54) is 12.4 Å². The van der Waals surface area contributed by atoms with Gasteiger partial charge in [-0.3, -0.25) is 9.69 Å². The fourth-order valence-electron chi connectivity index (χ4n) is 5.09. The average molecular weight is 507 g/mol. The van der Waals surface area contributed by atoms with Crippen LogP contribution in [-0.4, -0.2) is 78.8 Å². The molecule has 2 aliphatic rings. The van der Waals surface area contributed by atoms with E-state index < -0.39 is 6.10 Å². The van der Waals surface area contributed by atoms with Gasteiger partial charge in [-0.1, -0.05) is 30.2 Å². The molecule has 2 aromatic heterocycles. The largest absolute Gasteiger partial charge is 0.506 e. The zero-order chi connectivity index (χ0) is 25.6. The molecule has 1 aromatic carbocycles. The van der Waals surface area contributed by atoms with E-state index in [-0.39, 0.29) is 28.6 Å². The van der Waals surface area contributed by atoms with Crippen LogP contribution in [-0.2, 0) is 11.8 Å². The third kappa shape index (κ3) is 4.17. The molecule has 0 aliphatic carbocycles. The maximum Gasteiger partial charge on any atom is 0.246 e. The zero-order valence-corrected chi connectivity index (χ0v) is 20.6. The number of hydrogen-bond acceptors (Lipinski definition) is 7. The molecule has 10 heteroatoms. The van der Waals surface area contributed by atoms with Crippen LogP contribution in [0.15, 0.2) is 37.2 Å². The van der Waals surface area contributed by atoms with E-state index in [9.17, 15) is 15.0 Å². The van der Waals surface area contributed by atoms with Crippen molar-refractivity contribution in [1.82, 2.24) is 24.3 Å². The Balaban J connectivity index is 1.39. The van der Waals surface area contributed by atoms with Crippen molar-refractivity contribution in [2.75, 3.05) is 31.9 Å². The summed E-state index contributed by atoms with van der Waals surface area (Å²) in [6.07, 6.45) is 2.82. The number of carbonyl (C=O) groups is 1. The molecule has 186 valence electrons. The van der Waals surface area contributed by atoms with Crippen LogP contribution in [0.3, 0.4) is 0 Å². The summed E-state index contributed by atoms with van der Waals surface area (Å²) in [5.74, 6) is 6.97. The third-order valence-electron chi connectivity index (χ3n) is 7.04. The second kappa shape index (κ2) is 9.47. The van der Waals surface area contributed by atoms with Gasteiger partial charge in [-0.25, -0.2) is 9.97 Å². The van der Waals surface area contributed by atoms with Crippen molar-refractivity contribution in [3.63, 3.8) is 0 Å². The fourth-order valence-corrected chi connectivity index (χ4v) is 5.21. The lowest BCUT2D eigenvalue weighted by Crippen LogP contribution is -2.61. The number of fused-ring (bicyclic) bond motifs is 1. The summed E-state index contributed by atoms with van der Waals surface area (Å²) in [5, 5.41) is 21.7. The Kier molecular flexibility index (Phi) is 6.35. The lowest BCUT2D eigenvalue weighted by Gasteiger charge is -2.47. The van der Waals surface area contributed by atoms with Gasteiger partial charge in [-0.15, -0.1) is 0 Å². The van der Waals surface area contributed by atoms with E-state index in [1.807, 2.05) is 17.7 Å². The number of phenols is 1. The van der Waals surface area contributed by atoms with E-state index >= 15 is 0 Å². The van der Waals surface area contributed by atoms with Crippen LogP contribution < -0.4 is 5.73 Å². The molecule has 2 fully saturated rings. The summed E-state index contributed by atoms with van der Waals surface area (Å²) in [4.78, 5) is 24.3. The molecule has 2 atom stereocenters. The van der Waals surface area contributed by atoms with Gasteiger partial charge in [0.2, 0.25) is 5.91 Å². The number of anilines is 1. The molecule has 2 saturated heterocycles.